The van der Waals surface area contributed by atoms with Crippen LogP contribution < -0.4 is 5.09 Å². The normalized spacial score (nSPS) is 21.7. The van der Waals surface area contributed by atoms with Gasteiger partial charge < -0.3 is 5.09 Å². The predicted octanol–water partition coefficient (Wildman–Crippen LogP) is 4.99. The van der Waals surface area contributed by atoms with E-state index in [9.17, 15) is 0 Å². The van der Waals surface area contributed by atoms with Gasteiger partial charge in [-0.25, -0.2) is 4.76 Å². The second-order valence-corrected chi connectivity index (χ2v) is 9.96. The van der Waals surface area contributed by atoms with Crippen molar-refractivity contribution in [1.82, 2.24) is 5.09 Å². The minimum Gasteiger partial charge on any atom is -0.341 e. The summed E-state index contributed by atoms with van der Waals surface area (Å²) in [6.45, 7) is 15.6. The van der Waals surface area contributed by atoms with Crippen LogP contribution in [0.1, 0.15) is 48.5 Å². The Hall–Kier alpha value is -0.01000. The van der Waals surface area contributed by atoms with E-state index in [2.05, 4.69) is 59.6 Å². The lowest BCUT2D eigenvalue weighted by atomic mass is 9.85. The van der Waals surface area contributed by atoms with Gasteiger partial charge in [-0.05, 0) is 11.8 Å². The van der Waals surface area contributed by atoms with Crippen molar-refractivity contribution in [3.8, 4) is 0 Å². The Morgan fingerprint density at radius 3 is 2.18 bits per heavy atom. The van der Waals surface area contributed by atoms with E-state index in [1.807, 2.05) is 11.4 Å². The van der Waals surface area contributed by atoms with E-state index in [1.165, 1.54) is 11.4 Å². The molecule has 0 bridgehead atoms. The first kappa shape index (κ1) is 15.0. The number of rotatable bonds is 2. The standard InChI is InChI=1S/C13H25N2PS/c1-8-17-16-14-10(12(2,3)4)9-11(15-16)13(5,6)7/h9,14H,8H2,1-7H3. The molecule has 0 saturated heterocycles. The summed E-state index contributed by atoms with van der Waals surface area (Å²) in [6.07, 6.45) is 2.25. The van der Waals surface area contributed by atoms with Crippen LogP contribution in [0.4, 0.5) is 0 Å². The molecular formula is C13H25N2PS. The maximum atomic E-state index is 4.86. The zero-order valence-corrected chi connectivity index (χ0v) is 13.8. The Balaban J connectivity index is 3.04. The van der Waals surface area contributed by atoms with Crippen LogP contribution in [-0.4, -0.2) is 11.5 Å². The topological polar surface area (TPSA) is 24.4 Å². The van der Waals surface area contributed by atoms with Gasteiger partial charge in [0.15, 0.2) is 7.42 Å². The van der Waals surface area contributed by atoms with Gasteiger partial charge >= 0.3 is 0 Å². The van der Waals surface area contributed by atoms with Gasteiger partial charge in [0.05, 0.1) is 0 Å². The molecular weight excluding hydrogens is 247 g/mol. The van der Waals surface area contributed by atoms with Crippen LogP contribution in [0.3, 0.4) is 0 Å². The van der Waals surface area contributed by atoms with Gasteiger partial charge in [-0.15, -0.1) is 0 Å². The smallest absolute Gasteiger partial charge is 0.177 e. The summed E-state index contributed by atoms with van der Waals surface area (Å²) in [4.78, 5) is 0. The summed E-state index contributed by atoms with van der Waals surface area (Å²) in [6, 6.07) is 0. The molecule has 0 fully saturated rings. The second-order valence-electron chi connectivity index (χ2n) is 6.35. The van der Waals surface area contributed by atoms with Gasteiger partial charge in [0.25, 0.3) is 0 Å². The molecule has 0 aliphatic carbocycles. The Labute approximate surface area is 111 Å². The van der Waals surface area contributed by atoms with E-state index in [4.69, 9.17) is 4.76 Å². The number of allylic oxidation sites excluding steroid dienone is 2. The van der Waals surface area contributed by atoms with E-state index in [1.54, 1.807) is 0 Å². The first-order chi connectivity index (χ1) is 7.64. The molecule has 0 aromatic heterocycles. The molecule has 1 N–H and O–H groups in total. The van der Waals surface area contributed by atoms with Crippen LogP contribution >= 0.6 is 18.8 Å². The summed E-state index contributed by atoms with van der Waals surface area (Å²) >= 11 is 1.92. The maximum absolute atomic E-state index is 4.86. The molecule has 2 nitrogen and oxygen atoms in total. The van der Waals surface area contributed by atoms with Gasteiger partial charge in [-0.2, -0.15) is 0 Å². The molecule has 1 aliphatic rings. The van der Waals surface area contributed by atoms with Gasteiger partial charge in [-0.1, -0.05) is 59.8 Å². The van der Waals surface area contributed by atoms with Crippen LogP contribution in [0.5, 0.6) is 0 Å². The monoisotopic (exact) mass is 272 g/mol. The summed E-state index contributed by atoms with van der Waals surface area (Å²) in [5.41, 5.74) is 2.85. The van der Waals surface area contributed by atoms with Crippen molar-refractivity contribution in [1.29, 1.82) is 0 Å². The number of hydrogen-bond acceptors (Lipinski definition) is 3. The molecule has 0 radical (unpaired) electrons. The van der Waals surface area contributed by atoms with Gasteiger partial charge in [-0.3, -0.25) is 0 Å². The van der Waals surface area contributed by atoms with Crippen molar-refractivity contribution in [3.05, 3.63) is 11.8 Å². The van der Waals surface area contributed by atoms with E-state index < -0.39 is 7.42 Å². The van der Waals surface area contributed by atoms with Gasteiger partial charge in [0.1, 0.15) is 0 Å². The molecule has 1 atom stereocenters. The fraction of sp³-hybridized carbons (Fsp3) is 0.769. The SMILES string of the molecule is CCSP1N=C(C(C)(C)C)C=C(C(C)(C)C)N1. The molecule has 1 aliphatic heterocycles. The minimum atomic E-state index is -0.493. The molecule has 0 aromatic carbocycles. The van der Waals surface area contributed by atoms with Crippen LogP contribution in [0.15, 0.2) is 16.5 Å². The molecule has 0 saturated carbocycles. The van der Waals surface area contributed by atoms with Crippen LogP contribution in [0.2, 0.25) is 0 Å². The summed E-state index contributed by atoms with van der Waals surface area (Å²) in [5.74, 6) is 1.11. The lowest BCUT2D eigenvalue weighted by Crippen LogP contribution is -2.28. The van der Waals surface area contributed by atoms with Crippen LogP contribution in [0.25, 0.3) is 0 Å². The summed E-state index contributed by atoms with van der Waals surface area (Å²) in [5, 5.41) is 3.60. The highest BCUT2D eigenvalue weighted by Crippen LogP contribution is 2.52. The lowest BCUT2D eigenvalue weighted by Gasteiger charge is -2.33. The number of hydrogen-bond donors (Lipinski definition) is 1. The Morgan fingerprint density at radius 1 is 1.18 bits per heavy atom. The Morgan fingerprint density at radius 2 is 1.76 bits per heavy atom. The molecule has 17 heavy (non-hydrogen) atoms. The van der Waals surface area contributed by atoms with Crippen LogP contribution in [-0.2, 0) is 0 Å². The van der Waals surface area contributed by atoms with Crippen molar-refractivity contribution in [2.45, 2.75) is 48.5 Å². The molecule has 1 unspecified atom stereocenters. The molecule has 98 valence electrons. The molecule has 0 amide bonds. The molecule has 0 aromatic rings. The molecule has 0 spiro atoms. The van der Waals surface area contributed by atoms with E-state index >= 15 is 0 Å². The summed E-state index contributed by atoms with van der Waals surface area (Å²) < 4.78 is 4.86. The van der Waals surface area contributed by atoms with E-state index in [-0.39, 0.29) is 10.8 Å². The number of nitrogens with zero attached hydrogens (tertiary/aromatic N) is 1. The Kier molecular flexibility index (Phi) is 4.71. The highest BCUT2D eigenvalue weighted by Gasteiger charge is 2.28. The second kappa shape index (κ2) is 5.32. The summed E-state index contributed by atoms with van der Waals surface area (Å²) in [7, 11) is -0.493. The van der Waals surface area contributed by atoms with Gasteiger partial charge in [0, 0.05) is 22.2 Å². The van der Waals surface area contributed by atoms with Crippen molar-refractivity contribution in [2.75, 3.05) is 5.75 Å². The number of nitrogens with one attached hydrogen (secondary N) is 1. The fourth-order valence-corrected chi connectivity index (χ4v) is 4.59. The third-order valence-corrected chi connectivity index (χ3v) is 5.88. The highest BCUT2D eigenvalue weighted by molar-refractivity contribution is 8.54. The van der Waals surface area contributed by atoms with Gasteiger partial charge in [0.2, 0.25) is 0 Å². The predicted molar refractivity (Wildman–Crippen MR) is 82.6 cm³/mol. The lowest BCUT2D eigenvalue weighted by molar-refractivity contribution is 0.485. The van der Waals surface area contributed by atoms with Crippen molar-refractivity contribution >= 4 is 24.5 Å². The zero-order chi connectivity index (χ0) is 13.3. The third-order valence-electron chi connectivity index (χ3n) is 2.52. The third kappa shape index (κ3) is 4.30. The van der Waals surface area contributed by atoms with Crippen molar-refractivity contribution < 1.29 is 0 Å². The zero-order valence-electron chi connectivity index (χ0n) is 12.1. The fourth-order valence-electron chi connectivity index (χ4n) is 1.36. The largest absolute Gasteiger partial charge is 0.341 e. The first-order valence-corrected chi connectivity index (χ1v) is 9.04. The quantitative estimate of drug-likeness (QED) is 0.716. The molecule has 4 heteroatoms. The highest BCUT2D eigenvalue weighted by atomic mass is 32.7. The average molecular weight is 272 g/mol. The van der Waals surface area contributed by atoms with Crippen molar-refractivity contribution in [2.24, 2.45) is 15.6 Å². The average Bonchev–Trinajstić information content (AvgIpc) is 2.15. The van der Waals surface area contributed by atoms with E-state index in [0.717, 1.165) is 5.75 Å². The minimum absolute atomic E-state index is 0.132. The molecule has 1 rings (SSSR count). The van der Waals surface area contributed by atoms with Crippen molar-refractivity contribution in [3.63, 3.8) is 0 Å². The molecule has 1 heterocycles. The van der Waals surface area contributed by atoms with E-state index in [0.29, 0.717) is 0 Å². The Bertz CT molecular complexity index is 334. The van der Waals surface area contributed by atoms with Crippen LogP contribution in [0, 0.1) is 10.8 Å². The first-order valence-electron chi connectivity index (χ1n) is 6.15. The maximum Gasteiger partial charge on any atom is 0.177 e.